The molecule has 1 amide bonds. The lowest BCUT2D eigenvalue weighted by Crippen LogP contribution is -2.31. The second-order valence-corrected chi connectivity index (χ2v) is 8.43. The van der Waals surface area contributed by atoms with Gasteiger partial charge in [-0.15, -0.1) is 0 Å². The van der Waals surface area contributed by atoms with Crippen LogP contribution in [0.3, 0.4) is 0 Å². The number of aliphatic carboxylic acids is 1. The van der Waals surface area contributed by atoms with Crippen molar-refractivity contribution < 1.29 is 58.7 Å². The van der Waals surface area contributed by atoms with Crippen molar-refractivity contribution in [3.63, 3.8) is 0 Å². The number of aliphatic hydroxyl groups is 1. The molecule has 0 spiro atoms. The number of benzene rings is 2. The number of carboxylic acid groups (broad SMARTS) is 3. The first-order valence-electron chi connectivity index (χ1n) is 11.6. The number of carbonyl (C=O) groups is 4. The van der Waals surface area contributed by atoms with Crippen LogP contribution in [0.1, 0.15) is 36.6 Å². The van der Waals surface area contributed by atoms with Gasteiger partial charge in [0.15, 0.2) is 0 Å². The Labute approximate surface area is 239 Å². The number of rotatable bonds is 12. The number of ether oxygens (including phenoxy) is 3. The molecule has 0 bridgehead atoms. The second kappa shape index (κ2) is 12.9. The van der Waals surface area contributed by atoms with Crippen LogP contribution in [-0.4, -0.2) is 90.8 Å². The van der Waals surface area contributed by atoms with Gasteiger partial charge in [-0.25, -0.2) is 14.4 Å². The Morgan fingerprint density at radius 3 is 2.19 bits per heavy atom. The molecule has 222 valence electrons. The fourth-order valence-corrected chi connectivity index (χ4v) is 3.28. The Balaban J connectivity index is 2.27. The Morgan fingerprint density at radius 1 is 1.00 bits per heavy atom. The Morgan fingerprint density at radius 2 is 1.65 bits per heavy atom. The number of hydrogen-bond acceptors (Lipinski definition) is 13. The summed E-state index contributed by atoms with van der Waals surface area (Å²) in [5.41, 5.74) is -2.43. The molecule has 3 rings (SSSR count). The lowest BCUT2D eigenvalue weighted by Gasteiger charge is -2.16. The quantitative estimate of drug-likeness (QED) is 0.171. The van der Waals surface area contributed by atoms with Crippen molar-refractivity contribution in [3.05, 3.63) is 68.8 Å². The monoisotopic (exact) mass is 597 g/mol. The summed E-state index contributed by atoms with van der Waals surface area (Å²) in [7, 11) is 2.76. The molecule has 1 unspecified atom stereocenters. The third-order valence-electron chi connectivity index (χ3n) is 5.24. The van der Waals surface area contributed by atoms with Gasteiger partial charge in [0, 0.05) is 19.7 Å². The molecule has 4 N–H and O–H groups in total. The molecule has 1 atom stereocenters. The zero-order valence-electron chi connectivity index (χ0n) is 21.9. The molecule has 18 heteroatoms. The van der Waals surface area contributed by atoms with E-state index < -0.39 is 87.5 Å². The molecule has 18 nitrogen and oxygen atoms in total. The summed E-state index contributed by atoms with van der Waals surface area (Å²) in [4.78, 5) is 66.8. The minimum Gasteiger partial charge on any atom is -0.478 e. The van der Waals surface area contributed by atoms with Crippen LogP contribution in [0.15, 0.2) is 36.4 Å². The van der Waals surface area contributed by atoms with Gasteiger partial charge in [-0.05, 0) is 36.4 Å². The summed E-state index contributed by atoms with van der Waals surface area (Å²) in [6, 6.07) is 6.96. The van der Waals surface area contributed by atoms with Gasteiger partial charge in [-0.2, -0.15) is 15.2 Å². The van der Waals surface area contributed by atoms with E-state index in [1.54, 1.807) is 6.07 Å². The van der Waals surface area contributed by atoms with Crippen LogP contribution >= 0.6 is 0 Å². The number of aromatic carboxylic acids is 2. The minimum atomic E-state index is -2.09. The van der Waals surface area contributed by atoms with Crippen molar-refractivity contribution in [3.8, 4) is 35.3 Å². The van der Waals surface area contributed by atoms with Gasteiger partial charge in [-0.1, -0.05) is 0 Å². The van der Waals surface area contributed by atoms with E-state index in [9.17, 15) is 55.0 Å². The standard InChI is InChI=1S/C25H19N5O13/c1-29(2)21(32)12-6-13(22(33)34)8-14(7-12)41-19-18(30(39)40)20(42-17(10-31)24(37)38)28-25(27-19)43-16-5-11(9-26)3-4-15(16)23(35)36/h3-8,17,31H,10H2,1-2H3,(H,33,34)(H,35,36)(H,37,38). The van der Waals surface area contributed by atoms with Gasteiger partial charge >= 0.3 is 41.4 Å². The first-order chi connectivity index (χ1) is 20.2. The fraction of sp³-hybridized carbons (Fsp3) is 0.160. The number of carbonyl (C=O) groups excluding carboxylic acids is 1. The van der Waals surface area contributed by atoms with Crippen LogP contribution in [0, 0.1) is 21.4 Å². The average Bonchev–Trinajstić information content (AvgIpc) is 2.94. The van der Waals surface area contributed by atoms with Crippen LogP contribution in [0.2, 0.25) is 0 Å². The van der Waals surface area contributed by atoms with Gasteiger partial charge in [0.05, 0.1) is 28.7 Å². The van der Waals surface area contributed by atoms with Crippen molar-refractivity contribution in [2.24, 2.45) is 0 Å². The highest BCUT2D eigenvalue weighted by Crippen LogP contribution is 2.40. The molecule has 1 aromatic heterocycles. The topological polar surface area (TPSA) is 273 Å². The summed E-state index contributed by atoms with van der Waals surface area (Å²) in [5.74, 6) is -8.52. The Hall–Kier alpha value is -6.35. The number of hydrogen-bond donors (Lipinski definition) is 4. The summed E-state index contributed by atoms with van der Waals surface area (Å²) in [5, 5.41) is 58.9. The third kappa shape index (κ3) is 7.24. The second-order valence-electron chi connectivity index (χ2n) is 8.43. The maximum atomic E-state index is 12.5. The molecular formula is C25H19N5O13. The highest BCUT2D eigenvalue weighted by atomic mass is 16.6. The van der Waals surface area contributed by atoms with E-state index in [0.717, 1.165) is 41.3 Å². The highest BCUT2D eigenvalue weighted by Gasteiger charge is 2.33. The zero-order valence-corrected chi connectivity index (χ0v) is 21.9. The average molecular weight is 597 g/mol. The summed E-state index contributed by atoms with van der Waals surface area (Å²) >= 11 is 0. The Kier molecular flexibility index (Phi) is 9.34. The van der Waals surface area contributed by atoms with Crippen LogP contribution in [0.25, 0.3) is 0 Å². The molecule has 0 fully saturated rings. The van der Waals surface area contributed by atoms with Gasteiger partial charge < -0.3 is 39.5 Å². The SMILES string of the molecule is CN(C)C(=O)c1cc(Oc2nc(Oc3cc(C#N)ccc3C(=O)O)nc(OC(CO)C(=O)O)c2[N+](=O)[O-])cc(C(=O)O)c1. The molecule has 2 aromatic carbocycles. The van der Waals surface area contributed by atoms with Crippen molar-refractivity contribution in [1.82, 2.24) is 14.9 Å². The van der Waals surface area contributed by atoms with E-state index in [1.165, 1.54) is 14.1 Å². The summed E-state index contributed by atoms with van der Waals surface area (Å²) in [6.07, 6.45) is -2.09. The summed E-state index contributed by atoms with van der Waals surface area (Å²) < 4.78 is 15.9. The predicted molar refractivity (Wildman–Crippen MR) is 138 cm³/mol. The molecule has 1 heterocycles. The van der Waals surface area contributed by atoms with Crippen molar-refractivity contribution in [2.75, 3.05) is 20.7 Å². The number of aromatic nitrogens is 2. The highest BCUT2D eigenvalue weighted by molar-refractivity contribution is 5.98. The van der Waals surface area contributed by atoms with E-state index in [2.05, 4.69) is 9.97 Å². The van der Waals surface area contributed by atoms with Gasteiger partial charge in [0.25, 0.3) is 5.91 Å². The minimum absolute atomic E-state index is 0.0651. The number of nitriles is 1. The maximum absolute atomic E-state index is 12.5. The molecule has 3 aromatic rings. The number of aliphatic hydroxyl groups excluding tert-OH is 1. The molecular weight excluding hydrogens is 578 g/mol. The largest absolute Gasteiger partial charge is 0.478 e. The van der Waals surface area contributed by atoms with E-state index in [0.29, 0.717) is 0 Å². The van der Waals surface area contributed by atoms with E-state index in [4.69, 9.17) is 14.2 Å². The van der Waals surface area contributed by atoms with Crippen LogP contribution in [0.4, 0.5) is 5.69 Å². The van der Waals surface area contributed by atoms with Gasteiger partial charge in [0.1, 0.15) is 17.1 Å². The lowest BCUT2D eigenvalue weighted by molar-refractivity contribution is -0.387. The molecule has 0 aliphatic heterocycles. The third-order valence-corrected chi connectivity index (χ3v) is 5.24. The zero-order chi connectivity index (χ0) is 32.0. The molecule has 43 heavy (non-hydrogen) atoms. The number of carboxylic acids is 3. The van der Waals surface area contributed by atoms with Gasteiger partial charge in [-0.3, -0.25) is 14.9 Å². The molecule has 0 aliphatic carbocycles. The van der Waals surface area contributed by atoms with E-state index in [1.807, 2.05) is 0 Å². The first-order valence-corrected chi connectivity index (χ1v) is 11.6. The van der Waals surface area contributed by atoms with Crippen LogP contribution < -0.4 is 14.2 Å². The predicted octanol–water partition coefficient (Wildman–Crippen LogP) is 1.76. The van der Waals surface area contributed by atoms with E-state index >= 15 is 0 Å². The maximum Gasteiger partial charge on any atom is 0.392 e. The van der Waals surface area contributed by atoms with E-state index in [-0.39, 0.29) is 11.1 Å². The fourth-order valence-electron chi connectivity index (χ4n) is 3.28. The molecule has 0 radical (unpaired) electrons. The first kappa shape index (κ1) is 31.2. The van der Waals surface area contributed by atoms with Crippen LogP contribution in [-0.2, 0) is 4.79 Å². The lowest BCUT2D eigenvalue weighted by atomic mass is 10.1. The van der Waals surface area contributed by atoms with Crippen molar-refractivity contribution in [1.29, 1.82) is 5.26 Å². The molecule has 0 aliphatic rings. The number of amides is 1. The number of nitrogens with zero attached hydrogens (tertiary/aromatic N) is 5. The number of nitro groups is 1. The molecule has 0 saturated heterocycles. The summed E-state index contributed by atoms with van der Waals surface area (Å²) in [6.45, 7) is -1.17. The van der Waals surface area contributed by atoms with Gasteiger partial charge in [0.2, 0.25) is 6.10 Å². The smallest absolute Gasteiger partial charge is 0.392 e. The van der Waals surface area contributed by atoms with Crippen molar-refractivity contribution >= 4 is 29.5 Å². The Bertz CT molecular complexity index is 1680. The normalized spacial score (nSPS) is 11.0. The van der Waals surface area contributed by atoms with Crippen molar-refractivity contribution in [2.45, 2.75) is 6.10 Å². The molecule has 0 saturated carbocycles. The van der Waals surface area contributed by atoms with Crippen LogP contribution in [0.5, 0.6) is 29.3 Å².